The molecule has 0 aromatic carbocycles. The Morgan fingerprint density at radius 3 is 2.60 bits per heavy atom. The summed E-state index contributed by atoms with van der Waals surface area (Å²) >= 11 is 0. The van der Waals surface area contributed by atoms with Crippen LogP contribution in [0, 0.1) is 5.92 Å². The highest BCUT2D eigenvalue weighted by Gasteiger charge is 2.30. The molecule has 1 fully saturated rings. The maximum atomic E-state index is 11.9. The van der Waals surface area contributed by atoms with Gasteiger partial charge in [-0.25, -0.2) is 0 Å². The Kier molecular flexibility index (Phi) is 4.58. The average Bonchev–Trinajstić information content (AvgIpc) is 2.18. The summed E-state index contributed by atoms with van der Waals surface area (Å²) in [6.07, 6.45) is 3.89. The van der Waals surface area contributed by atoms with E-state index in [1.54, 1.807) is 0 Å². The molecule has 1 unspecified atom stereocenters. The first-order valence-electron chi connectivity index (χ1n) is 5.97. The van der Waals surface area contributed by atoms with Crippen molar-refractivity contribution in [2.24, 2.45) is 5.92 Å². The highest BCUT2D eigenvalue weighted by molar-refractivity contribution is 5.79. The molecule has 0 spiro atoms. The van der Waals surface area contributed by atoms with Gasteiger partial charge in [0.05, 0.1) is 0 Å². The summed E-state index contributed by atoms with van der Waals surface area (Å²) in [4.78, 5) is 11.9. The second-order valence-corrected chi connectivity index (χ2v) is 4.85. The molecule has 1 aliphatic heterocycles. The lowest BCUT2D eigenvalue weighted by Crippen LogP contribution is -2.51. The molecule has 0 aromatic rings. The third-order valence-electron chi connectivity index (χ3n) is 3.19. The fourth-order valence-electron chi connectivity index (χ4n) is 1.93. The number of amides is 1. The van der Waals surface area contributed by atoms with Crippen molar-refractivity contribution in [2.75, 3.05) is 13.2 Å². The van der Waals surface area contributed by atoms with Gasteiger partial charge in [-0.1, -0.05) is 20.3 Å². The molecule has 3 nitrogen and oxygen atoms in total. The van der Waals surface area contributed by atoms with E-state index in [0.29, 0.717) is 0 Å². The lowest BCUT2D eigenvalue weighted by atomic mass is 9.91. The second kappa shape index (κ2) is 5.50. The molecule has 15 heavy (non-hydrogen) atoms. The minimum Gasteiger partial charge on any atom is -0.381 e. The van der Waals surface area contributed by atoms with E-state index in [9.17, 15) is 4.79 Å². The molecule has 1 rings (SSSR count). The van der Waals surface area contributed by atoms with Crippen LogP contribution in [0.25, 0.3) is 0 Å². The van der Waals surface area contributed by atoms with Crippen LogP contribution < -0.4 is 5.32 Å². The minimum absolute atomic E-state index is 0.0443. The standard InChI is InChI=1S/C12H23NO2/c1-4-5-10(2)11(14)13-12(3)6-8-15-9-7-12/h10H,4-9H2,1-3H3,(H,13,14). The van der Waals surface area contributed by atoms with Crippen LogP contribution in [0.2, 0.25) is 0 Å². The lowest BCUT2D eigenvalue weighted by Gasteiger charge is -2.35. The third kappa shape index (κ3) is 3.82. The van der Waals surface area contributed by atoms with Gasteiger partial charge in [0.15, 0.2) is 0 Å². The zero-order chi connectivity index (χ0) is 11.3. The molecular formula is C12H23NO2. The topological polar surface area (TPSA) is 38.3 Å². The zero-order valence-corrected chi connectivity index (χ0v) is 10.1. The number of nitrogens with one attached hydrogen (secondary N) is 1. The molecule has 1 heterocycles. The van der Waals surface area contributed by atoms with E-state index >= 15 is 0 Å². The van der Waals surface area contributed by atoms with Crippen LogP contribution in [0.4, 0.5) is 0 Å². The van der Waals surface area contributed by atoms with E-state index in [2.05, 4.69) is 19.2 Å². The van der Waals surface area contributed by atoms with Crippen LogP contribution in [0.3, 0.4) is 0 Å². The van der Waals surface area contributed by atoms with Gasteiger partial charge >= 0.3 is 0 Å². The first-order chi connectivity index (χ1) is 7.07. The van der Waals surface area contributed by atoms with Crippen molar-refractivity contribution < 1.29 is 9.53 Å². The largest absolute Gasteiger partial charge is 0.381 e. The normalized spacial score (nSPS) is 22.1. The van der Waals surface area contributed by atoms with Gasteiger partial charge in [0.2, 0.25) is 5.91 Å². The average molecular weight is 213 g/mol. The maximum Gasteiger partial charge on any atom is 0.223 e. The summed E-state index contributed by atoms with van der Waals surface area (Å²) in [5.74, 6) is 0.330. The van der Waals surface area contributed by atoms with Crippen LogP contribution in [0.15, 0.2) is 0 Å². The molecule has 0 aliphatic carbocycles. The molecular weight excluding hydrogens is 190 g/mol. The molecule has 3 heteroatoms. The molecule has 1 aliphatic rings. The Morgan fingerprint density at radius 1 is 1.47 bits per heavy atom. The summed E-state index contributed by atoms with van der Waals surface area (Å²) in [7, 11) is 0. The molecule has 1 atom stereocenters. The molecule has 0 radical (unpaired) electrons. The molecule has 0 saturated carbocycles. The van der Waals surface area contributed by atoms with Gasteiger partial charge in [-0.15, -0.1) is 0 Å². The van der Waals surface area contributed by atoms with Crippen molar-refractivity contribution in [3.63, 3.8) is 0 Å². The minimum atomic E-state index is -0.0443. The number of carbonyl (C=O) groups is 1. The Bertz CT molecular complexity index is 210. The van der Waals surface area contributed by atoms with Crippen LogP contribution in [-0.4, -0.2) is 24.7 Å². The Labute approximate surface area is 92.6 Å². The summed E-state index contributed by atoms with van der Waals surface area (Å²) in [6.45, 7) is 7.76. The Balaban J connectivity index is 2.41. The van der Waals surface area contributed by atoms with Crippen molar-refractivity contribution in [1.82, 2.24) is 5.32 Å². The SMILES string of the molecule is CCCC(C)C(=O)NC1(C)CCOCC1. The fraction of sp³-hybridized carbons (Fsp3) is 0.917. The quantitative estimate of drug-likeness (QED) is 0.776. The van der Waals surface area contributed by atoms with E-state index in [-0.39, 0.29) is 17.4 Å². The number of hydrogen-bond donors (Lipinski definition) is 1. The van der Waals surface area contributed by atoms with Gasteiger partial charge in [-0.3, -0.25) is 4.79 Å². The smallest absolute Gasteiger partial charge is 0.223 e. The number of hydrogen-bond acceptors (Lipinski definition) is 2. The van der Waals surface area contributed by atoms with E-state index in [1.165, 1.54) is 0 Å². The van der Waals surface area contributed by atoms with Crippen LogP contribution >= 0.6 is 0 Å². The van der Waals surface area contributed by atoms with E-state index in [4.69, 9.17) is 4.74 Å². The van der Waals surface area contributed by atoms with Crippen molar-refractivity contribution in [3.05, 3.63) is 0 Å². The zero-order valence-electron chi connectivity index (χ0n) is 10.1. The molecule has 0 aromatic heterocycles. The van der Waals surface area contributed by atoms with Crippen molar-refractivity contribution >= 4 is 5.91 Å². The summed E-state index contributed by atoms with van der Waals surface area (Å²) < 4.78 is 5.30. The maximum absolute atomic E-state index is 11.9. The van der Waals surface area contributed by atoms with Crippen LogP contribution in [0.5, 0.6) is 0 Å². The van der Waals surface area contributed by atoms with E-state index < -0.39 is 0 Å². The second-order valence-electron chi connectivity index (χ2n) is 4.85. The van der Waals surface area contributed by atoms with Crippen molar-refractivity contribution in [1.29, 1.82) is 0 Å². The third-order valence-corrected chi connectivity index (χ3v) is 3.19. The van der Waals surface area contributed by atoms with Gasteiger partial charge in [0.25, 0.3) is 0 Å². The first kappa shape index (κ1) is 12.5. The van der Waals surface area contributed by atoms with Crippen LogP contribution in [0.1, 0.15) is 46.5 Å². The highest BCUT2D eigenvalue weighted by atomic mass is 16.5. The van der Waals surface area contributed by atoms with Gasteiger partial charge in [-0.2, -0.15) is 0 Å². The Morgan fingerprint density at radius 2 is 2.07 bits per heavy atom. The monoisotopic (exact) mass is 213 g/mol. The van der Waals surface area contributed by atoms with E-state index in [1.807, 2.05) is 6.92 Å². The van der Waals surface area contributed by atoms with Crippen molar-refractivity contribution in [2.45, 2.75) is 52.0 Å². The summed E-state index contributed by atoms with van der Waals surface area (Å²) in [5.41, 5.74) is -0.0443. The van der Waals surface area contributed by atoms with Gasteiger partial charge in [-0.05, 0) is 26.2 Å². The number of rotatable bonds is 4. The predicted octanol–water partition coefficient (Wildman–Crippen LogP) is 2.11. The van der Waals surface area contributed by atoms with Crippen molar-refractivity contribution in [3.8, 4) is 0 Å². The fourth-order valence-corrected chi connectivity index (χ4v) is 1.93. The van der Waals surface area contributed by atoms with E-state index in [0.717, 1.165) is 38.9 Å². The van der Waals surface area contributed by atoms with Gasteiger partial charge in [0, 0.05) is 24.7 Å². The molecule has 1 saturated heterocycles. The van der Waals surface area contributed by atoms with Gasteiger partial charge in [0.1, 0.15) is 0 Å². The number of carbonyl (C=O) groups excluding carboxylic acids is 1. The van der Waals surface area contributed by atoms with Crippen LogP contribution in [-0.2, 0) is 9.53 Å². The molecule has 0 bridgehead atoms. The molecule has 1 N–H and O–H groups in total. The summed E-state index contributed by atoms with van der Waals surface area (Å²) in [6, 6.07) is 0. The first-order valence-corrected chi connectivity index (χ1v) is 5.97. The van der Waals surface area contributed by atoms with Gasteiger partial charge < -0.3 is 10.1 Å². The summed E-state index contributed by atoms with van der Waals surface area (Å²) in [5, 5.41) is 3.16. The Hall–Kier alpha value is -0.570. The predicted molar refractivity (Wildman–Crippen MR) is 60.7 cm³/mol. The molecule has 1 amide bonds. The highest BCUT2D eigenvalue weighted by Crippen LogP contribution is 2.20. The molecule has 88 valence electrons. The lowest BCUT2D eigenvalue weighted by molar-refractivity contribution is -0.127. The number of ether oxygens (including phenoxy) is 1.